The molecule has 6 rings (SSSR count). The molecular weight excluding hydrogens is 828 g/mol. The van der Waals surface area contributed by atoms with Gasteiger partial charge in [0.25, 0.3) is 17.7 Å². The van der Waals surface area contributed by atoms with Crippen molar-refractivity contribution in [3.63, 3.8) is 0 Å². The maximum atomic E-state index is 15.2. The third-order valence-electron chi connectivity index (χ3n) is 12.6. The Hall–Kier alpha value is -4.95. The molecule has 336 valence electrons. The summed E-state index contributed by atoms with van der Waals surface area (Å²) in [5, 5.41) is 13.3. The monoisotopic (exact) mass is 881 g/mol. The van der Waals surface area contributed by atoms with Crippen LogP contribution in [0.25, 0.3) is 11.0 Å². The van der Waals surface area contributed by atoms with Crippen LogP contribution in [-0.2, 0) is 24.4 Å². The van der Waals surface area contributed by atoms with Crippen molar-refractivity contribution in [1.82, 2.24) is 34.8 Å². The molecule has 4 amide bonds. The summed E-state index contributed by atoms with van der Waals surface area (Å²) in [7, 11) is -2.72. The highest BCUT2D eigenvalue weighted by Gasteiger charge is 2.64. The zero-order chi connectivity index (χ0) is 44.9. The van der Waals surface area contributed by atoms with E-state index >= 15 is 4.79 Å². The van der Waals surface area contributed by atoms with E-state index < -0.39 is 92.4 Å². The number of halogens is 3. The fourth-order valence-corrected chi connectivity index (χ4v) is 9.57. The van der Waals surface area contributed by atoms with Crippen molar-refractivity contribution in [2.24, 2.45) is 17.8 Å². The summed E-state index contributed by atoms with van der Waals surface area (Å²) in [5.41, 5.74) is -4.20. The van der Waals surface area contributed by atoms with Crippen molar-refractivity contribution in [1.29, 1.82) is 0 Å². The minimum absolute atomic E-state index is 0.0276. The van der Waals surface area contributed by atoms with Gasteiger partial charge in [-0.05, 0) is 78.1 Å². The van der Waals surface area contributed by atoms with Gasteiger partial charge in [-0.2, -0.15) is 13.2 Å². The molecule has 0 spiro atoms. The van der Waals surface area contributed by atoms with Gasteiger partial charge in [0.1, 0.15) is 34.8 Å². The normalized spacial score (nSPS) is 28.6. The zero-order valence-electron chi connectivity index (χ0n) is 35.2. The number of carbonyl (C=O) groups is 4. The topological polar surface area (TPSA) is 220 Å². The molecule has 3 N–H and O–H groups in total. The van der Waals surface area contributed by atoms with Crippen LogP contribution in [0, 0.1) is 17.8 Å². The molecule has 0 radical (unpaired) electrons. The summed E-state index contributed by atoms with van der Waals surface area (Å²) >= 11 is 0. The predicted molar refractivity (Wildman–Crippen MR) is 213 cm³/mol. The number of rotatable bonds is 11. The lowest BCUT2D eigenvalue weighted by molar-refractivity contribution is -0.222. The fourth-order valence-electron chi connectivity index (χ4n) is 8.26. The molecule has 2 aliphatic heterocycles. The summed E-state index contributed by atoms with van der Waals surface area (Å²) < 4.78 is 89.2. The Kier molecular flexibility index (Phi) is 12.5. The molecule has 0 unspecified atom stereocenters. The molecule has 61 heavy (non-hydrogen) atoms. The lowest BCUT2D eigenvalue weighted by Gasteiger charge is -2.46. The van der Waals surface area contributed by atoms with Gasteiger partial charge in [0, 0.05) is 18.4 Å². The van der Waals surface area contributed by atoms with Crippen molar-refractivity contribution in [2.75, 3.05) is 20.3 Å². The van der Waals surface area contributed by atoms with E-state index in [2.05, 4.69) is 25.0 Å². The van der Waals surface area contributed by atoms with Crippen LogP contribution in [-0.4, -0.2) is 123 Å². The first-order valence-corrected chi connectivity index (χ1v) is 22.0. The zero-order valence-corrected chi connectivity index (χ0v) is 36.1. The Morgan fingerprint density at radius 1 is 1.11 bits per heavy atom. The number of amides is 4. The molecule has 2 aliphatic carbocycles. The maximum absolute atomic E-state index is 15.2. The summed E-state index contributed by atoms with van der Waals surface area (Å²) in [5.74, 6) is -4.67. The van der Waals surface area contributed by atoms with E-state index in [1.807, 2.05) is 6.92 Å². The van der Waals surface area contributed by atoms with Crippen LogP contribution in [0.1, 0.15) is 92.9 Å². The highest BCUT2D eigenvalue weighted by Crippen LogP contribution is 2.48. The van der Waals surface area contributed by atoms with Gasteiger partial charge in [0.05, 0.1) is 36.7 Å². The van der Waals surface area contributed by atoms with Crippen molar-refractivity contribution in [3.05, 3.63) is 24.4 Å². The second kappa shape index (κ2) is 16.7. The largest absolute Gasteiger partial charge is 0.481 e. The van der Waals surface area contributed by atoms with Crippen LogP contribution >= 0.6 is 0 Å². The summed E-state index contributed by atoms with van der Waals surface area (Å²) in [6, 6.07) is -1.94. The molecule has 2 aromatic heterocycles. The molecular formula is C40H54F3N7O10S. The van der Waals surface area contributed by atoms with E-state index in [-0.39, 0.29) is 66.3 Å². The number of hydrogen-bond acceptors (Lipinski definition) is 12. The van der Waals surface area contributed by atoms with E-state index in [1.54, 1.807) is 26.0 Å². The van der Waals surface area contributed by atoms with Crippen LogP contribution in [0.15, 0.2) is 24.4 Å². The van der Waals surface area contributed by atoms with Crippen LogP contribution in [0.4, 0.5) is 18.0 Å². The van der Waals surface area contributed by atoms with E-state index in [9.17, 15) is 41.1 Å². The van der Waals surface area contributed by atoms with Crippen molar-refractivity contribution < 1.29 is 60.1 Å². The molecule has 7 atom stereocenters. The van der Waals surface area contributed by atoms with Gasteiger partial charge in [-0.15, -0.1) is 0 Å². The highest BCUT2D eigenvalue weighted by atomic mass is 32.2. The van der Waals surface area contributed by atoms with Gasteiger partial charge in [0.15, 0.2) is 0 Å². The van der Waals surface area contributed by atoms with Crippen LogP contribution < -0.4 is 24.2 Å². The quantitative estimate of drug-likeness (QED) is 0.260. The van der Waals surface area contributed by atoms with Crippen molar-refractivity contribution >= 4 is 44.9 Å². The molecule has 21 heteroatoms. The molecule has 0 aromatic carbocycles. The van der Waals surface area contributed by atoms with Crippen LogP contribution in [0.5, 0.6) is 17.6 Å². The number of aromatic nitrogens is 3. The minimum Gasteiger partial charge on any atom is -0.481 e. The highest BCUT2D eigenvalue weighted by molar-refractivity contribution is 7.91. The van der Waals surface area contributed by atoms with E-state index in [1.165, 1.54) is 26.3 Å². The Balaban J connectivity index is 1.45. The van der Waals surface area contributed by atoms with Gasteiger partial charge < -0.3 is 29.5 Å². The summed E-state index contributed by atoms with van der Waals surface area (Å²) in [6.07, 6.45) is -1.65. The predicted octanol–water partition coefficient (Wildman–Crippen LogP) is 4.75. The van der Waals surface area contributed by atoms with Crippen molar-refractivity contribution in [3.8, 4) is 17.6 Å². The van der Waals surface area contributed by atoms with E-state index in [0.717, 1.165) is 4.90 Å². The first-order valence-electron chi connectivity index (χ1n) is 20.5. The number of hydrogen-bond donors (Lipinski definition) is 3. The molecule has 17 nitrogen and oxygen atoms in total. The number of ether oxygens (including phenoxy) is 3. The number of allylic oxidation sites excluding steroid dienone is 1. The molecule has 2 saturated carbocycles. The number of pyridine rings is 1. The Morgan fingerprint density at radius 2 is 1.80 bits per heavy atom. The molecule has 3 fully saturated rings. The minimum atomic E-state index is -5.12. The van der Waals surface area contributed by atoms with Crippen LogP contribution in [0.2, 0.25) is 0 Å². The summed E-state index contributed by atoms with van der Waals surface area (Å²) in [4.78, 5) is 71.3. The van der Waals surface area contributed by atoms with Crippen molar-refractivity contribution in [2.45, 2.75) is 133 Å². The third kappa shape index (κ3) is 8.88. The number of sulfonamides is 1. The average Bonchev–Trinajstić information content (AvgIpc) is 4.06. The second-order valence-electron chi connectivity index (χ2n) is 17.3. The second-order valence-corrected chi connectivity index (χ2v) is 19.5. The standard InChI is InChI=1S/C40H54F3N7O10S/c1-8-23-16-22(3)12-10-11-13-24-19-39(24,35(53)48-61(56,57)38(6)14-15-38)47-31(51)28-17-25(21-49(28)34(52)30(23)50(36(54)55)37(4,5)40(41,42)43)60-33-32(59-9-2)45-26-18-29(58-7)44-20-27(26)46-33/h11,13,18,20,22-25,28,30H,8-10,12,14-17,19,21H2,1-7H3,(H,47,51)(H,48,53)(H,54,55)/b13-11-/t22-,23-,24-,25-,28+,30+,39-/m1/s1. The number of nitrogens with zero attached hydrogens (tertiary/aromatic N) is 5. The Labute approximate surface area is 352 Å². The van der Waals surface area contributed by atoms with Crippen LogP contribution in [0.3, 0.4) is 0 Å². The lowest BCUT2D eigenvalue weighted by Crippen LogP contribution is -2.66. The maximum Gasteiger partial charge on any atom is 0.411 e. The van der Waals surface area contributed by atoms with Gasteiger partial charge in [-0.1, -0.05) is 32.4 Å². The number of carboxylic acid groups (broad SMARTS) is 1. The smallest absolute Gasteiger partial charge is 0.411 e. The molecule has 4 aliphatic rings. The van der Waals surface area contributed by atoms with Gasteiger partial charge in [-0.3, -0.25) is 24.0 Å². The Morgan fingerprint density at radius 3 is 2.41 bits per heavy atom. The number of fused-ring (bicyclic) bond motifs is 3. The first kappa shape index (κ1) is 45.6. The lowest BCUT2D eigenvalue weighted by atomic mass is 9.82. The SMILES string of the molecule is CCOc1nc2cc(OC)ncc2nc1O[C@@H]1C[C@H]2C(=O)N[C@]3(C(=O)NS(=O)(=O)C4(C)CC4)C[C@H]3/C=C\CC[C@@H](C)C[C@@H](CC)[C@H](N(C(=O)O)C(C)(C)C(F)(F)F)C(=O)N2C1. The fraction of sp³-hybridized carbons (Fsp3) is 0.675. The number of carbonyl (C=O) groups excluding carboxylic acids is 3. The average molecular weight is 882 g/mol. The summed E-state index contributed by atoms with van der Waals surface area (Å²) in [6.45, 7) is 7.80. The third-order valence-corrected chi connectivity index (χ3v) is 14.7. The molecule has 1 saturated heterocycles. The number of methoxy groups -OCH3 is 1. The first-order chi connectivity index (χ1) is 28.5. The van der Waals surface area contributed by atoms with Gasteiger partial charge >= 0.3 is 12.3 Å². The number of nitrogens with one attached hydrogen (secondary N) is 2. The van der Waals surface area contributed by atoms with Gasteiger partial charge in [0.2, 0.25) is 27.7 Å². The number of alkyl halides is 3. The van der Waals surface area contributed by atoms with E-state index in [0.29, 0.717) is 45.0 Å². The van der Waals surface area contributed by atoms with E-state index in [4.69, 9.17) is 14.2 Å². The molecule has 0 bridgehead atoms. The molecule has 2 aromatic rings. The Bertz CT molecular complexity index is 2190. The van der Waals surface area contributed by atoms with Gasteiger partial charge in [-0.25, -0.2) is 28.2 Å². The molecule has 4 heterocycles.